The first kappa shape index (κ1) is 19.8. The molecule has 2 N–H and O–H groups in total. The molecule has 0 aliphatic carbocycles. The van der Waals surface area contributed by atoms with Gasteiger partial charge >= 0.3 is 0 Å². The van der Waals surface area contributed by atoms with Crippen molar-refractivity contribution in [2.24, 2.45) is 0 Å². The van der Waals surface area contributed by atoms with Crippen LogP contribution >= 0.6 is 0 Å². The molecule has 1 saturated heterocycles. The average molecular weight is 382 g/mol. The van der Waals surface area contributed by atoms with Crippen molar-refractivity contribution in [2.75, 3.05) is 27.2 Å². The molecule has 0 radical (unpaired) electrons. The van der Waals surface area contributed by atoms with E-state index in [1.807, 2.05) is 49.3 Å². The van der Waals surface area contributed by atoms with E-state index in [0.29, 0.717) is 23.5 Å². The summed E-state index contributed by atoms with van der Waals surface area (Å²) in [4.78, 5) is 29.3. The summed E-state index contributed by atoms with van der Waals surface area (Å²) in [6, 6.07) is 8.74. The fourth-order valence-corrected chi connectivity index (χ4v) is 3.68. The smallest absolute Gasteiger partial charge is 0.295 e. The van der Waals surface area contributed by atoms with Crippen molar-refractivity contribution < 1.29 is 14.7 Å². The summed E-state index contributed by atoms with van der Waals surface area (Å²) >= 11 is 0. The van der Waals surface area contributed by atoms with Gasteiger partial charge in [0, 0.05) is 12.2 Å². The van der Waals surface area contributed by atoms with E-state index >= 15 is 0 Å². The van der Waals surface area contributed by atoms with Gasteiger partial charge in [0.1, 0.15) is 5.76 Å². The molecule has 3 rings (SSSR count). The van der Waals surface area contributed by atoms with E-state index in [0.717, 1.165) is 18.5 Å². The lowest BCUT2D eigenvalue weighted by Gasteiger charge is -2.26. The number of rotatable bonds is 6. The predicted octanol–water partition coefficient (Wildman–Crippen LogP) is 2.40. The number of Topliss-reactive ketones (excluding diaryl/α,β-unsaturated/α-hetero) is 1. The second-order valence-corrected chi connectivity index (χ2v) is 7.37. The lowest BCUT2D eigenvalue weighted by Crippen LogP contribution is -2.32. The lowest BCUT2D eigenvalue weighted by molar-refractivity contribution is -0.139. The molecular weight excluding hydrogens is 356 g/mol. The van der Waals surface area contributed by atoms with Gasteiger partial charge in [-0.2, -0.15) is 5.10 Å². The van der Waals surface area contributed by atoms with Crippen LogP contribution in [0, 0.1) is 13.8 Å². The van der Waals surface area contributed by atoms with Gasteiger partial charge in [-0.05, 0) is 46.5 Å². The van der Waals surface area contributed by atoms with Gasteiger partial charge in [0.2, 0.25) is 0 Å². The molecular formula is C21H26N4O3. The van der Waals surface area contributed by atoms with Crippen LogP contribution in [0.5, 0.6) is 0 Å². The molecule has 7 nitrogen and oxygen atoms in total. The Kier molecular flexibility index (Phi) is 5.65. The van der Waals surface area contributed by atoms with Gasteiger partial charge in [0.25, 0.3) is 11.7 Å². The third kappa shape index (κ3) is 3.57. The maximum absolute atomic E-state index is 12.9. The molecule has 1 fully saturated rings. The van der Waals surface area contributed by atoms with Gasteiger partial charge in [-0.1, -0.05) is 30.3 Å². The number of aliphatic hydroxyl groups is 1. The van der Waals surface area contributed by atoms with Gasteiger partial charge in [0.05, 0.1) is 22.9 Å². The number of aromatic amines is 1. The summed E-state index contributed by atoms with van der Waals surface area (Å²) in [5, 5.41) is 18.0. The van der Waals surface area contributed by atoms with Crippen molar-refractivity contribution in [1.82, 2.24) is 20.0 Å². The molecule has 2 aromatic rings. The highest BCUT2D eigenvalue weighted by Crippen LogP contribution is 2.40. The summed E-state index contributed by atoms with van der Waals surface area (Å²) < 4.78 is 0. The molecule has 1 aromatic carbocycles. The number of hydrogen-bond acceptors (Lipinski definition) is 5. The second kappa shape index (κ2) is 7.98. The van der Waals surface area contributed by atoms with Gasteiger partial charge in [-0.25, -0.2) is 0 Å². The lowest BCUT2D eigenvalue weighted by atomic mass is 9.94. The van der Waals surface area contributed by atoms with E-state index in [4.69, 9.17) is 0 Å². The minimum atomic E-state index is -0.656. The summed E-state index contributed by atoms with van der Waals surface area (Å²) in [6.45, 7) is 4.76. The Labute approximate surface area is 164 Å². The SMILES string of the molecule is Cc1n[nH]c(C)c1/C(O)=C1\C(=O)C(=O)N(CCCN(C)C)[C@H]1c1ccccc1. The molecule has 28 heavy (non-hydrogen) atoms. The van der Waals surface area contributed by atoms with Crippen LogP contribution in [-0.4, -0.2) is 64.0 Å². The maximum Gasteiger partial charge on any atom is 0.295 e. The quantitative estimate of drug-likeness (QED) is 0.455. The van der Waals surface area contributed by atoms with Crippen LogP contribution in [0.15, 0.2) is 35.9 Å². The van der Waals surface area contributed by atoms with E-state index in [-0.39, 0.29) is 11.3 Å². The molecule has 1 amide bonds. The highest BCUT2D eigenvalue weighted by atomic mass is 16.3. The Bertz CT molecular complexity index is 895. The van der Waals surface area contributed by atoms with Crippen molar-refractivity contribution in [2.45, 2.75) is 26.3 Å². The zero-order valence-electron chi connectivity index (χ0n) is 16.7. The van der Waals surface area contributed by atoms with E-state index in [1.54, 1.807) is 18.7 Å². The molecule has 1 aromatic heterocycles. The first-order chi connectivity index (χ1) is 13.3. The number of nitrogens with zero attached hydrogens (tertiary/aromatic N) is 3. The standard InChI is InChI=1S/C21H26N4O3/c1-13-16(14(2)23-22-13)19(26)17-18(15-9-6-5-7-10-15)25(21(28)20(17)27)12-8-11-24(3)4/h5-7,9-10,18,26H,8,11-12H2,1-4H3,(H,22,23)/b19-17+/t18-/m0/s1. The number of H-pyrrole nitrogens is 1. The number of aryl methyl sites for hydroxylation is 2. The van der Waals surface area contributed by atoms with Crippen molar-refractivity contribution in [3.05, 3.63) is 58.4 Å². The van der Waals surface area contributed by atoms with Gasteiger partial charge in [-0.15, -0.1) is 0 Å². The molecule has 0 unspecified atom stereocenters. The molecule has 7 heteroatoms. The van der Waals surface area contributed by atoms with E-state index in [9.17, 15) is 14.7 Å². The van der Waals surface area contributed by atoms with E-state index < -0.39 is 17.7 Å². The third-order valence-corrected chi connectivity index (χ3v) is 5.02. The zero-order valence-corrected chi connectivity index (χ0v) is 16.7. The largest absolute Gasteiger partial charge is 0.507 e. The third-order valence-electron chi connectivity index (χ3n) is 5.02. The highest BCUT2D eigenvalue weighted by molar-refractivity contribution is 6.46. The molecule has 1 aliphatic heterocycles. The maximum atomic E-state index is 12.9. The van der Waals surface area contributed by atoms with E-state index in [1.165, 1.54) is 0 Å². The van der Waals surface area contributed by atoms with Gasteiger partial charge in [0.15, 0.2) is 0 Å². The summed E-state index contributed by atoms with van der Waals surface area (Å²) in [7, 11) is 3.93. The molecule has 2 heterocycles. The number of ketones is 1. The molecule has 0 saturated carbocycles. The number of likely N-dealkylation sites (tertiary alicyclic amines) is 1. The summed E-state index contributed by atoms with van der Waals surface area (Å²) in [6.07, 6.45) is 0.729. The monoisotopic (exact) mass is 382 g/mol. The molecule has 148 valence electrons. The number of carbonyl (C=O) groups excluding carboxylic acids is 2. The predicted molar refractivity (Wildman–Crippen MR) is 107 cm³/mol. The van der Waals surface area contributed by atoms with Crippen molar-refractivity contribution >= 4 is 17.4 Å². The van der Waals surface area contributed by atoms with Crippen LogP contribution in [0.2, 0.25) is 0 Å². The number of aliphatic hydroxyl groups excluding tert-OH is 1. The Balaban J connectivity index is 2.10. The minimum Gasteiger partial charge on any atom is -0.507 e. The normalized spacial score (nSPS) is 19.0. The highest BCUT2D eigenvalue weighted by Gasteiger charge is 2.46. The Morgan fingerprint density at radius 2 is 1.89 bits per heavy atom. The summed E-state index contributed by atoms with van der Waals surface area (Å²) in [5.74, 6) is -1.41. The molecule has 0 bridgehead atoms. The van der Waals surface area contributed by atoms with Crippen LogP contribution in [0.25, 0.3) is 5.76 Å². The number of aromatic nitrogens is 2. The van der Waals surface area contributed by atoms with Crippen LogP contribution in [-0.2, 0) is 9.59 Å². The molecule has 1 aliphatic rings. The zero-order chi connectivity index (χ0) is 20.4. The minimum absolute atomic E-state index is 0.119. The second-order valence-electron chi connectivity index (χ2n) is 7.37. The van der Waals surface area contributed by atoms with Crippen LogP contribution in [0.1, 0.15) is 35.0 Å². The number of nitrogens with one attached hydrogen (secondary N) is 1. The number of amides is 1. The molecule has 1 atom stereocenters. The number of carbonyl (C=O) groups is 2. The summed E-state index contributed by atoms with van der Waals surface area (Å²) in [5.41, 5.74) is 2.63. The topological polar surface area (TPSA) is 89.5 Å². The van der Waals surface area contributed by atoms with Gasteiger partial charge < -0.3 is 14.9 Å². The van der Waals surface area contributed by atoms with Crippen LogP contribution < -0.4 is 0 Å². The van der Waals surface area contributed by atoms with Crippen LogP contribution in [0.4, 0.5) is 0 Å². The van der Waals surface area contributed by atoms with Crippen molar-refractivity contribution in [1.29, 1.82) is 0 Å². The first-order valence-electron chi connectivity index (χ1n) is 9.33. The fraction of sp³-hybridized carbons (Fsp3) is 0.381. The molecule has 0 spiro atoms. The Morgan fingerprint density at radius 1 is 1.21 bits per heavy atom. The fourth-order valence-electron chi connectivity index (χ4n) is 3.68. The van der Waals surface area contributed by atoms with Crippen LogP contribution in [0.3, 0.4) is 0 Å². The Morgan fingerprint density at radius 3 is 2.46 bits per heavy atom. The van der Waals surface area contributed by atoms with Gasteiger partial charge in [-0.3, -0.25) is 14.7 Å². The average Bonchev–Trinajstić information content (AvgIpc) is 3.12. The van der Waals surface area contributed by atoms with E-state index in [2.05, 4.69) is 10.2 Å². The number of hydrogen-bond donors (Lipinski definition) is 2. The number of benzene rings is 1. The Hall–Kier alpha value is -2.93. The van der Waals surface area contributed by atoms with Crippen molar-refractivity contribution in [3.8, 4) is 0 Å². The van der Waals surface area contributed by atoms with Crippen molar-refractivity contribution in [3.63, 3.8) is 0 Å². The first-order valence-corrected chi connectivity index (χ1v) is 9.33.